The fraction of sp³-hybridized carbons (Fsp3) is 0.619. The monoisotopic (exact) mass is 512 g/mol. The van der Waals surface area contributed by atoms with Gasteiger partial charge in [-0.1, -0.05) is 0 Å². The van der Waals surface area contributed by atoms with Crippen molar-refractivity contribution in [1.82, 2.24) is 25.9 Å². The Hall–Kier alpha value is -3.56. The van der Waals surface area contributed by atoms with Crippen molar-refractivity contribution in [3.05, 3.63) is 18.2 Å². The molecule has 0 saturated heterocycles. The molecule has 5 atom stereocenters. The van der Waals surface area contributed by atoms with Crippen LogP contribution in [0.15, 0.2) is 12.5 Å². The van der Waals surface area contributed by atoms with Gasteiger partial charge in [-0.05, 0) is 39.2 Å². The maximum absolute atomic E-state index is 13.0. The van der Waals surface area contributed by atoms with E-state index in [9.17, 15) is 34.2 Å². The summed E-state index contributed by atoms with van der Waals surface area (Å²) in [5, 5.41) is 26.3. The minimum absolute atomic E-state index is 0.0730. The predicted molar refractivity (Wildman–Crippen MR) is 127 cm³/mol. The molecule has 4 amide bonds. The summed E-state index contributed by atoms with van der Waals surface area (Å²) in [6.07, 6.45) is 2.23. The normalized spacial score (nSPS) is 15.1. The van der Waals surface area contributed by atoms with Gasteiger partial charge in [0, 0.05) is 24.7 Å². The zero-order valence-corrected chi connectivity index (χ0v) is 20.1. The molecule has 1 heterocycles. The van der Waals surface area contributed by atoms with Crippen molar-refractivity contribution in [2.75, 3.05) is 6.54 Å². The molecule has 5 unspecified atom stereocenters. The van der Waals surface area contributed by atoms with Crippen molar-refractivity contribution in [2.45, 2.75) is 75.7 Å². The Balaban J connectivity index is 3.06. The highest BCUT2D eigenvalue weighted by atomic mass is 16.4. The summed E-state index contributed by atoms with van der Waals surface area (Å²) >= 11 is 0. The maximum Gasteiger partial charge on any atom is 0.326 e. The SMILES string of the molecule is CC(O)C(N)C(=O)NC(CCC(N)=O)C(=O)NC(Cc1cnc[nH]1)C(=O)NC(CCCCN)C(=O)O. The van der Waals surface area contributed by atoms with Gasteiger partial charge in [0.05, 0.1) is 12.4 Å². The van der Waals surface area contributed by atoms with E-state index in [0.29, 0.717) is 25.1 Å². The lowest BCUT2D eigenvalue weighted by molar-refractivity contribution is -0.142. The Bertz CT molecular complexity index is 878. The Labute approximate surface area is 207 Å². The fourth-order valence-corrected chi connectivity index (χ4v) is 3.16. The number of nitrogens with one attached hydrogen (secondary N) is 4. The topological polar surface area (TPSA) is 269 Å². The molecule has 1 aromatic heterocycles. The second kappa shape index (κ2) is 15.4. The number of rotatable bonds is 17. The van der Waals surface area contributed by atoms with Gasteiger partial charge in [-0.15, -0.1) is 0 Å². The number of aromatic nitrogens is 2. The average Bonchev–Trinajstić information content (AvgIpc) is 3.32. The number of H-pyrrole nitrogens is 1. The van der Waals surface area contributed by atoms with Gasteiger partial charge in [0.2, 0.25) is 23.6 Å². The molecule has 15 nitrogen and oxygen atoms in total. The molecule has 0 fully saturated rings. The number of hydrogen-bond donors (Lipinski definition) is 9. The minimum atomic E-state index is -1.34. The number of nitrogens with two attached hydrogens (primary N) is 3. The third-order valence-electron chi connectivity index (χ3n) is 5.31. The molecule has 0 aliphatic heterocycles. The zero-order valence-electron chi connectivity index (χ0n) is 20.1. The summed E-state index contributed by atoms with van der Waals surface area (Å²) in [5.74, 6) is -4.44. The van der Waals surface area contributed by atoms with Gasteiger partial charge >= 0.3 is 5.97 Å². The highest BCUT2D eigenvalue weighted by Gasteiger charge is 2.31. The molecular formula is C21H36N8O7. The molecule has 1 aromatic rings. The molecule has 0 aromatic carbocycles. The average molecular weight is 513 g/mol. The Morgan fingerprint density at radius 1 is 1.00 bits per heavy atom. The standard InChI is InChI=1S/C21H36N8O7/c1-11(30)17(24)20(34)27-13(5-6-16(23)31)18(32)29-15(8-12-9-25-10-26-12)19(33)28-14(21(35)36)4-2-3-7-22/h9-11,13-15,17,30H,2-8,22,24H2,1H3,(H2,23,31)(H,25,26)(H,27,34)(H,28,33)(H,29,32)(H,35,36). The van der Waals surface area contributed by atoms with Crippen molar-refractivity contribution >= 4 is 29.6 Å². The van der Waals surface area contributed by atoms with Crippen LogP contribution >= 0.6 is 0 Å². The first-order valence-corrected chi connectivity index (χ1v) is 11.5. The van der Waals surface area contributed by atoms with Gasteiger partial charge in [0.1, 0.15) is 24.2 Å². The van der Waals surface area contributed by atoms with Crippen LogP contribution in [-0.4, -0.2) is 86.6 Å². The van der Waals surface area contributed by atoms with Gasteiger partial charge < -0.3 is 48.3 Å². The lowest BCUT2D eigenvalue weighted by atomic mass is 10.0. The van der Waals surface area contributed by atoms with Gasteiger partial charge in [-0.2, -0.15) is 0 Å². The lowest BCUT2D eigenvalue weighted by Gasteiger charge is -2.25. The number of imidazole rings is 1. The molecule has 15 heteroatoms. The first-order valence-electron chi connectivity index (χ1n) is 11.5. The number of aliphatic hydroxyl groups is 1. The van der Waals surface area contributed by atoms with Gasteiger partial charge in [-0.3, -0.25) is 19.2 Å². The van der Waals surface area contributed by atoms with E-state index in [1.165, 1.54) is 19.4 Å². The maximum atomic E-state index is 13.0. The third-order valence-corrected chi connectivity index (χ3v) is 5.31. The lowest BCUT2D eigenvalue weighted by Crippen LogP contribution is -2.58. The molecule has 0 aliphatic carbocycles. The van der Waals surface area contributed by atoms with E-state index < -0.39 is 59.9 Å². The Morgan fingerprint density at radius 3 is 2.14 bits per heavy atom. The largest absolute Gasteiger partial charge is 0.480 e. The predicted octanol–water partition coefficient (Wildman–Crippen LogP) is -3.41. The number of amides is 4. The van der Waals surface area contributed by atoms with E-state index in [2.05, 4.69) is 25.9 Å². The Morgan fingerprint density at radius 2 is 1.61 bits per heavy atom. The van der Waals surface area contributed by atoms with E-state index >= 15 is 0 Å². The number of nitrogens with zero attached hydrogens (tertiary/aromatic N) is 1. The molecule has 0 aliphatic rings. The number of unbranched alkanes of at least 4 members (excludes halogenated alkanes) is 1. The van der Waals surface area contributed by atoms with Crippen molar-refractivity contribution in [2.24, 2.45) is 17.2 Å². The van der Waals surface area contributed by atoms with Crippen molar-refractivity contribution in [3.8, 4) is 0 Å². The van der Waals surface area contributed by atoms with Crippen LogP contribution in [0.2, 0.25) is 0 Å². The molecule has 36 heavy (non-hydrogen) atoms. The molecule has 0 saturated carbocycles. The number of primary amides is 1. The van der Waals surface area contributed by atoms with Crippen molar-refractivity contribution in [3.63, 3.8) is 0 Å². The minimum Gasteiger partial charge on any atom is -0.480 e. The third kappa shape index (κ3) is 10.8. The first kappa shape index (κ1) is 30.5. The van der Waals surface area contributed by atoms with Crippen LogP contribution < -0.4 is 33.2 Å². The molecule has 12 N–H and O–H groups in total. The van der Waals surface area contributed by atoms with Crippen LogP contribution in [0.3, 0.4) is 0 Å². The quantitative estimate of drug-likeness (QED) is 0.0933. The molecular weight excluding hydrogens is 476 g/mol. The van der Waals surface area contributed by atoms with Crippen molar-refractivity contribution in [1.29, 1.82) is 0 Å². The summed E-state index contributed by atoms with van der Waals surface area (Å²) in [6.45, 7) is 1.66. The summed E-state index contributed by atoms with van der Waals surface area (Å²) in [5.41, 5.74) is 16.7. The zero-order chi connectivity index (χ0) is 27.3. The number of aliphatic carboxylic acids is 1. The molecule has 1 rings (SSSR count). The van der Waals surface area contributed by atoms with E-state index in [0.717, 1.165) is 0 Å². The van der Waals surface area contributed by atoms with E-state index in [4.69, 9.17) is 17.2 Å². The summed E-state index contributed by atoms with van der Waals surface area (Å²) in [4.78, 5) is 67.9. The van der Waals surface area contributed by atoms with E-state index in [1.807, 2.05) is 0 Å². The van der Waals surface area contributed by atoms with E-state index in [-0.39, 0.29) is 25.7 Å². The fourth-order valence-electron chi connectivity index (χ4n) is 3.16. The second-order valence-electron chi connectivity index (χ2n) is 8.36. The number of hydrogen-bond acceptors (Lipinski definition) is 9. The van der Waals surface area contributed by atoms with Gasteiger partial charge in [0.25, 0.3) is 0 Å². The molecule has 0 bridgehead atoms. The second-order valence-corrected chi connectivity index (χ2v) is 8.36. The van der Waals surface area contributed by atoms with Gasteiger partial charge in [0.15, 0.2) is 0 Å². The summed E-state index contributed by atoms with van der Waals surface area (Å²) in [7, 11) is 0. The molecule has 0 spiro atoms. The highest BCUT2D eigenvalue weighted by Crippen LogP contribution is 2.06. The number of aliphatic hydroxyl groups excluding tert-OH is 1. The van der Waals surface area contributed by atoms with Crippen LogP contribution in [0.1, 0.15) is 44.7 Å². The Kier molecular flexibility index (Phi) is 13.1. The van der Waals surface area contributed by atoms with Crippen molar-refractivity contribution < 1.29 is 34.2 Å². The highest BCUT2D eigenvalue weighted by molar-refractivity contribution is 5.94. The summed E-state index contributed by atoms with van der Waals surface area (Å²) < 4.78 is 0. The number of carboxylic acid groups (broad SMARTS) is 1. The van der Waals surface area contributed by atoms with Crippen LogP contribution in [0, 0.1) is 0 Å². The number of carboxylic acids is 1. The van der Waals surface area contributed by atoms with Gasteiger partial charge in [-0.25, -0.2) is 9.78 Å². The van der Waals surface area contributed by atoms with Crippen LogP contribution in [0.25, 0.3) is 0 Å². The van der Waals surface area contributed by atoms with Crippen LogP contribution in [0.5, 0.6) is 0 Å². The number of carbonyl (C=O) groups is 5. The number of carbonyl (C=O) groups excluding carboxylic acids is 4. The number of aromatic amines is 1. The van der Waals surface area contributed by atoms with Crippen LogP contribution in [-0.2, 0) is 30.4 Å². The van der Waals surface area contributed by atoms with E-state index in [1.54, 1.807) is 0 Å². The molecule has 202 valence electrons. The smallest absolute Gasteiger partial charge is 0.326 e. The summed E-state index contributed by atoms with van der Waals surface area (Å²) in [6, 6.07) is -5.12. The molecule has 0 radical (unpaired) electrons. The first-order chi connectivity index (χ1) is 17.0. The van der Waals surface area contributed by atoms with Crippen LogP contribution in [0.4, 0.5) is 0 Å².